The first kappa shape index (κ1) is 17.2. The van der Waals surface area contributed by atoms with Gasteiger partial charge in [-0.25, -0.2) is 0 Å². The Labute approximate surface area is 148 Å². The van der Waals surface area contributed by atoms with Crippen molar-refractivity contribution < 1.29 is 4.79 Å². The van der Waals surface area contributed by atoms with E-state index in [-0.39, 0.29) is 0 Å². The molecule has 4 heteroatoms. The third-order valence-corrected chi connectivity index (χ3v) is 4.57. The van der Waals surface area contributed by atoms with Gasteiger partial charge in [0.15, 0.2) is 5.78 Å². The number of Topliss-reactive ketones (excluding diaryl/α,β-unsaturated/α-hetero) is 1. The number of carbonyl (C=O) groups is 1. The third-order valence-electron chi connectivity index (χ3n) is 4.33. The lowest BCUT2D eigenvalue weighted by Crippen LogP contribution is -2.45. The number of nitrogens with one attached hydrogen (secondary N) is 1. The molecule has 0 radical (unpaired) electrons. The van der Waals surface area contributed by atoms with Crippen molar-refractivity contribution in [3.8, 4) is 0 Å². The SMILES string of the molecule is O=C(Cc1ccc(Cc2cccc(Cl)c2)cc1)CN1CCNCC1. The van der Waals surface area contributed by atoms with Gasteiger partial charge >= 0.3 is 0 Å². The number of carbonyl (C=O) groups excluding carboxylic acids is 1. The number of hydrogen-bond acceptors (Lipinski definition) is 3. The van der Waals surface area contributed by atoms with Crippen molar-refractivity contribution in [2.45, 2.75) is 12.8 Å². The fraction of sp³-hybridized carbons (Fsp3) is 0.350. The maximum absolute atomic E-state index is 12.2. The van der Waals surface area contributed by atoms with Gasteiger partial charge in [-0.05, 0) is 35.2 Å². The largest absolute Gasteiger partial charge is 0.314 e. The topological polar surface area (TPSA) is 32.3 Å². The van der Waals surface area contributed by atoms with Gasteiger partial charge in [0, 0.05) is 37.6 Å². The van der Waals surface area contributed by atoms with Crippen LogP contribution in [0.25, 0.3) is 0 Å². The van der Waals surface area contributed by atoms with Crippen molar-refractivity contribution in [3.63, 3.8) is 0 Å². The number of rotatable bonds is 6. The normalized spacial score (nSPS) is 15.4. The zero-order chi connectivity index (χ0) is 16.8. The number of piperazine rings is 1. The Morgan fingerprint density at radius 2 is 1.71 bits per heavy atom. The summed E-state index contributed by atoms with van der Waals surface area (Å²) in [4.78, 5) is 14.4. The molecular weight excluding hydrogens is 320 g/mol. The van der Waals surface area contributed by atoms with Crippen molar-refractivity contribution >= 4 is 17.4 Å². The second-order valence-electron chi connectivity index (χ2n) is 6.36. The number of benzene rings is 2. The van der Waals surface area contributed by atoms with Crippen molar-refractivity contribution in [1.29, 1.82) is 0 Å². The van der Waals surface area contributed by atoms with Crippen molar-refractivity contribution in [3.05, 3.63) is 70.2 Å². The zero-order valence-corrected chi connectivity index (χ0v) is 14.6. The van der Waals surface area contributed by atoms with Gasteiger partial charge in [0.25, 0.3) is 0 Å². The first-order valence-corrected chi connectivity index (χ1v) is 8.84. The summed E-state index contributed by atoms with van der Waals surface area (Å²) in [5.41, 5.74) is 3.52. The maximum atomic E-state index is 12.2. The molecule has 2 aromatic carbocycles. The lowest BCUT2D eigenvalue weighted by Gasteiger charge is -2.26. The molecule has 1 aliphatic rings. The number of ketones is 1. The molecule has 0 aromatic heterocycles. The van der Waals surface area contributed by atoms with Crippen LogP contribution in [-0.4, -0.2) is 43.4 Å². The van der Waals surface area contributed by atoms with Crippen LogP contribution < -0.4 is 5.32 Å². The van der Waals surface area contributed by atoms with E-state index in [1.54, 1.807) is 0 Å². The molecule has 2 aromatic rings. The quantitative estimate of drug-likeness (QED) is 0.876. The molecule has 3 rings (SSSR count). The monoisotopic (exact) mass is 342 g/mol. The van der Waals surface area contributed by atoms with Gasteiger partial charge < -0.3 is 5.32 Å². The van der Waals surface area contributed by atoms with Crippen molar-refractivity contribution in [2.75, 3.05) is 32.7 Å². The van der Waals surface area contributed by atoms with Crippen LogP contribution in [0.3, 0.4) is 0 Å². The highest BCUT2D eigenvalue weighted by molar-refractivity contribution is 6.30. The lowest BCUT2D eigenvalue weighted by atomic mass is 10.0. The summed E-state index contributed by atoms with van der Waals surface area (Å²) >= 11 is 6.03. The van der Waals surface area contributed by atoms with Crippen LogP contribution in [0.15, 0.2) is 48.5 Å². The number of hydrogen-bond donors (Lipinski definition) is 1. The van der Waals surface area contributed by atoms with E-state index in [0.29, 0.717) is 18.7 Å². The Morgan fingerprint density at radius 1 is 1.00 bits per heavy atom. The van der Waals surface area contributed by atoms with Crippen LogP contribution >= 0.6 is 11.6 Å². The van der Waals surface area contributed by atoms with Gasteiger partial charge in [-0.15, -0.1) is 0 Å². The first-order valence-electron chi connectivity index (χ1n) is 8.46. The molecule has 0 aliphatic carbocycles. The number of nitrogens with zero attached hydrogens (tertiary/aromatic N) is 1. The Kier molecular flexibility index (Phi) is 6.02. The molecule has 24 heavy (non-hydrogen) atoms. The van der Waals surface area contributed by atoms with E-state index in [0.717, 1.165) is 43.2 Å². The summed E-state index contributed by atoms with van der Waals surface area (Å²) in [6, 6.07) is 16.3. The Balaban J connectivity index is 1.53. The minimum atomic E-state index is 0.291. The molecule has 3 nitrogen and oxygen atoms in total. The van der Waals surface area contributed by atoms with Gasteiger partial charge in [0.1, 0.15) is 0 Å². The van der Waals surface area contributed by atoms with Crippen LogP contribution in [0.4, 0.5) is 0 Å². The maximum Gasteiger partial charge on any atom is 0.151 e. The summed E-state index contributed by atoms with van der Waals surface area (Å²) in [6.45, 7) is 4.44. The molecule has 0 amide bonds. The standard InChI is InChI=1S/C20H23ClN2O/c21-19-3-1-2-18(13-19)12-16-4-6-17(7-5-16)14-20(24)15-23-10-8-22-9-11-23/h1-7,13,22H,8-12,14-15H2. The van der Waals surface area contributed by atoms with Crippen LogP contribution in [0.2, 0.25) is 5.02 Å². The van der Waals surface area contributed by atoms with E-state index in [1.165, 1.54) is 11.1 Å². The fourth-order valence-electron chi connectivity index (χ4n) is 3.06. The first-order chi connectivity index (χ1) is 11.7. The van der Waals surface area contributed by atoms with Crippen molar-refractivity contribution in [1.82, 2.24) is 10.2 Å². The van der Waals surface area contributed by atoms with Gasteiger partial charge in [0.2, 0.25) is 0 Å². The summed E-state index contributed by atoms with van der Waals surface area (Å²) in [7, 11) is 0. The van der Waals surface area contributed by atoms with E-state index in [1.807, 2.05) is 18.2 Å². The van der Waals surface area contributed by atoms with Gasteiger partial charge in [0.05, 0.1) is 6.54 Å². The smallest absolute Gasteiger partial charge is 0.151 e. The Morgan fingerprint density at radius 3 is 2.42 bits per heavy atom. The Hall–Kier alpha value is -1.68. The molecule has 0 unspecified atom stereocenters. The summed E-state index contributed by atoms with van der Waals surface area (Å²) in [5.74, 6) is 0.291. The molecular formula is C20H23ClN2O. The molecule has 0 spiro atoms. The molecule has 126 valence electrons. The van der Waals surface area contributed by atoms with Crippen LogP contribution in [0.5, 0.6) is 0 Å². The van der Waals surface area contributed by atoms with E-state index in [2.05, 4.69) is 40.5 Å². The van der Waals surface area contributed by atoms with Crippen LogP contribution in [0.1, 0.15) is 16.7 Å². The summed E-state index contributed by atoms with van der Waals surface area (Å²) < 4.78 is 0. The minimum Gasteiger partial charge on any atom is -0.314 e. The highest BCUT2D eigenvalue weighted by Gasteiger charge is 2.13. The molecule has 1 N–H and O–H groups in total. The molecule has 0 bridgehead atoms. The Bertz CT molecular complexity index is 678. The van der Waals surface area contributed by atoms with E-state index in [9.17, 15) is 4.79 Å². The third kappa shape index (κ3) is 5.17. The van der Waals surface area contributed by atoms with E-state index < -0.39 is 0 Å². The number of halogens is 1. The van der Waals surface area contributed by atoms with Crippen molar-refractivity contribution in [2.24, 2.45) is 0 Å². The highest BCUT2D eigenvalue weighted by atomic mass is 35.5. The molecule has 0 atom stereocenters. The van der Waals surface area contributed by atoms with Crippen LogP contribution in [-0.2, 0) is 17.6 Å². The van der Waals surface area contributed by atoms with E-state index in [4.69, 9.17) is 11.6 Å². The molecule has 1 fully saturated rings. The average molecular weight is 343 g/mol. The summed E-state index contributed by atoms with van der Waals surface area (Å²) in [5, 5.41) is 4.07. The fourth-order valence-corrected chi connectivity index (χ4v) is 3.27. The zero-order valence-electron chi connectivity index (χ0n) is 13.8. The van der Waals surface area contributed by atoms with E-state index >= 15 is 0 Å². The summed E-state index contributed by atoms with van der Waals surface area (Å²) in [6.07, 6.45) is 1.37. The predicted molar refractivity (Wildman–Crippen MR) is 98.7 cm³/mol. The predicted octanol–water partition coefficient (Wildman–Crippen LogP) is 2.95. The van der Waals surface area contributed by atoms with Gasteiger partial charge in [-0.3, -0.25) is 9.69 Å². The second-order valence-corrected chi connectivity index (χ2v) is 6.80. The molecule has 1 heterocycles. The second kappa shape index (κ2) is 8.43. The van der Waals surface area contributed by atoms with Gasteiger partial charge in [-0.2, -0.15) is 0 Å². The molecule has 1 saturated heterocycles. The lowest BCUT2D eigenvalue weighted by molar-refractivity contribution is -0.119. The minimum absolute atomic E-state index is 0.291. The average Bonchev–Trinajstić information content (AvgIpc) is 2.57. The molecule has 1 aliphatic heterocycles. The molecule has 0 saturated carbocycles. The van der Waals surface area contributed by atoms with Crippen LogP contribution in [0, 0.1) is 0 Å². The highest BCUT2D eigenvalue weighted by Crippen LogP contribution is 2.15. The van der Waals surface area contributed by atoms with Gasteiger partial charge in [-0.1, -0.05) is 48.0 Å².